The Morgan fingerprint density at radius 1 is 1.38 bits per heavy atom. The summed E-state index contributed by atoms with van der Waals surface area (Å²) >= 11 is 0. The van der Waals surface area contributed by atoms with E-state index in [1.54, 1.807) is 4.68 Å². The van der Waals surface area contributed by atoms with Crippen LogP contribution in [-0.4, -0.2) is 46.4 Å². The van der Waals surface area contributed by atoms with Gasteiger partial charge in [-0.15, -0.1) is 0 Å². The lowest BCUT2D eigenvalue weighted by atomic mass is 10.0. The lowest BCUT2D eigenvalue weighted by molar-refractivity contribution is -0.121. The number of aryl methyl sites for hydroxylation is 2. The van der Waals surface area contributed by atoms with E-state index >= 15 is 0 Å². The van der Waals surface area contributed by atoms with Crippen LogP contribution in [0.5, 0.6) is 0 Å². The van der Waals surface area contributed by atoms with Gasteiger partial charge in [0.25, 0.3) is 0 Å². The summed E-state index contributed by atoms with van der Waals surface area (Å²) in [5.41, 5.74) is 2.06. The molecule has 0 bridgehead atoms. The Balaban J connectivity index is 1.70. The smallest absolute Gasteiger partial charge is 0.239 e. The maximum atomic E-state index is 12.5. The normalized spacial score (nSPS) is 21.6. The molecule has 1 aliphatic heterocycles. The highest BCUT2D eigenvalue weighted by atomic mass is 16.5. The van der Waals surface area contributed by atoms with Crippen molar-refractivity contribution in [1.29, 1.82) is 0 Å². The molecule has 3 rings (SSSR count). The van der Waals surface area contributed by atoms with E-state index in [2.05, 4.69) is 27.4 Å². The molecule has 2 unspecified atom stereocenters. The number of nitrogens with zero attached hydrogens (tertiary/aromatic N) is 3. The minimum absolute atomic E-state index is 0.0342. The molecule has 2 atom stereocenters. The molecular weight excluding hydrogens is 304 g/mol. The van der Waals surface area contributed by atoms with Crippen LogP contribution >= 0.6 is 0 Å². The van der Waals surface area contributed by atoms with E-state index in [1.165, 1.54) is 5.56 Å². The summed E-state index contributed by atoms with van der Waals surface area (Å²) in [7, 11) is 1.83. The number of amides is 1. The monoisotopic (exact) mass is 328 g/mol. The summed E-state index contributed by atoms with van der Waals surface area (Å²) < 4.78 is 7.49. The zero-order valence-corrected chi connectivity index (χ0v) is 14.4. The van der Waals surface area contributed by atoms with Crippen LogP contribution < -0.4 is 5.32 Å². The SMILES string of the molecule is Cc1cc(NC(=O)CN2CC(C)OCC2c2ccccc2)n(C)n1. The van der Waals surface area contributed by atoms with Crippen LogP contribution in [0.3, 0.4) is 0 Å². The van der Waals surface area contributed by atoms with Crippen LogP contribution in [0.25, 0.3) is 0 Å². The average molecular weight is 328 g/mol. The third-order valence-corrected chi connectivity index (χ3v) is 4.27. The van der Waals surface area contributed by atoms with Gasteiger partial charge in [-0.1, -0.05) is 30.3 Å². The first-order valence-electron chi connectivity index (χ1n) is 8.24. The molecule has 2 aromatic rings. The second kappa shape index (κ2) is 7.15. The van der Waals surface area contributed by atoms with E-state index in [4.69, 9.17) is 4.74 Å². The number of carbonyl (C=O) groups excluding carboxylic acids is 1. The Labute approximate surface area is 142 Å². The van der Waals surface area contributed by atoms with Crippen molar-refractivity contribution in [1.82, 2.24) is 14.7 Å². The predicted octanol–water partition coefficient (Wildman–Crippen LogP) is 2.13. The average Bonchev–Trinajstić information content (AvgIpc) is 2.85. The van der Waals surface area contributed by atoms with Crippen molar-refractivity contribution >= 4 is 11.7 Å². The van der Waals surface area contributed by atoms with Gasteiger partial charge in [0.15, 0.2) is 0 Å². The van der Waals surface area contributed by atoms with Crippen molar-refractivity contribution in [2.24, 2.45) is 7.05 Å². The van der Waals surface area contributed by atoms with Crippen LogP contribution in [0.2, 0.25) is 0 Å². The lowest BCUT2D eigenvalue weighted by Gasteiger charge is -2.38. The van der Waals surface area contributed by atoms with Gasteiger partial charge in [0.05, 0.1) is 31.0 Å². The molecule has 6 nitrogen and oxygen atoms in total. The van der Waals surface area contributed by atoms with E-state index < -0.39 is 0 Å². The van der Waals surface area contributed by atoms with Gasteiger partial charge in [-0.3, -0.25) is 14.4 Å². The van der Waals surface area contributed by atoms with Gasteiger partial charge in [-0.2, -0.15) is 5.10 Å². The fourth-order valence-corrected chi connectivity index (χ4v) is 3.12. The highest BCUT2D eigenvalue weighted by Crippen LogP contribution is 2.26. The molecule has 1 saturated heterocycles. The Hall–Kier alpha value is -2.18. The van der Waals surface area contributed by atoms with Crippen molar-refractivity contribution in [2.45, 2.75) is 26.0 Å². The number of carbonyl (C=O) groups is 1. The zero-order valence-electron chi connectivity index (χ0n) is 14.4. The van der Waals surface area contributed by atoms with Crippen molar-refractivity contribution in [3.63, 3.8) is 0 Å². The lowest BCUT2D eigenvalue weighted by Crippen LogP contribution is -2.46. The van der Waals surface area contributed by atoms with Crippen LogP contribution in [0.1, 0.15) is 24.2 Å². The molecule has 1 aliphatic rings. The molecule has 24 heavy (non-hydrogen) atoms. The first-order valence-corrected chi connectivity index (χ1v) is 8.24. The maximum absolute atomic E-state index is 12.5. The highest BCUT2D eigenvalue weighted by Gasteiger charge is 2.29. The highest BCUT2D eigenvalue weighted by molar-refractivity contribution is 5.91. The Kier molecular flexibility index (Phi) is 4.97. The largest absolute Gasteiger partial charge is 0.375 e. The van der Waals surface area contributed by atoms with Gasteiger partial charge in [0, 0.05) is 19.7 Å². The van der Waals surface area contributed by atoms with E-state index in [-0.39, 0.29) is 18.1 Å². The van der Waals surface area contributed by atoms with Crippen LogP contribution in [-0.2, 0) is 16.6 Å². The third-order valence-electron chi connectivity index (χ3n) is 4.27. The molecule has 128 valence electrons. The number of rotatable bonds is 4. The quantitative estimate of drug-likeness (QED) is 0.934. The number of benzene rings is 1. The van der Waals surface area contributed by atoms with Crippen molar-refractivity contribution in [3.8, 4) is 0 Å². The summed E-state index contributed by atoms with van der Waals surface area (Å²) in [6, 6.07) is 12.2. The number of ether oxygens (including phenoxy) is 1. The van der Waals surface area contributed by atoms with Crippen molar-refractivity contribution in [2.75, 3.05) is 25.0 Å². The van der Waals surface area contributed by atoms with E-state index in [9.17, 15) is 4.79 Å². The second-order valence-corrected chi connectivity index (χ2v) is 6.34. The molecule has 2 heterocycles. The number of aromatic nitrogens is 2. The summed E-state index contributed by atoms with van der Waals surface area (Å²) in [5.74, 6) is 0.683. The molecule has 1 aromatic heterocycles. The van der Waals surface area contributed by atoms with Gasteiger partial charge in [-0.05, 0) is 19.4 Å². The number of anilines is 1. The van der Waals surface area contributed by atoms with Gasteiger partial charge in [0.1, 0.15) is 5.82 Å². The first-order chi connectivity index (χ1) is 11.5. The number of nitrogens with one attached hydrogen (secondary N) is 1. The van der Waals surface area contributed by atoms with Crippen molar-refractivity contribution in [3.05, 3.63) is 47.7 Å². The first kappa shape index (κ1) is 16.7. The minimum Gasteiger partial charge on any atom is -0.375 e. The number of hydrogen-bond donors (Lipinski definition) is 1. The van der Waals surface area contributed by atoms with Gasteiger partial charge in [0.2, 0.25) is 5.91 Å². The Morgan fingerprint density at radius 3 is 2.79 bits per heavy atom. The van der Waals surface area contributed by atoms with E-state index in [1.807, 2.05) is 45.2 Å². The molecule has 1 amide bonds. The summed E-state index contributed by atoms with van der Waals surface area (Å²) in [4.78, 5) is 14.7. The minimum atomic E-state index is -0.0342. The molecule has 0 saturated carbocycles. The molecule has 1 fully saturated rings. The molecule has 6 heteroatoms. The van der Waals surface area contributed by atoms with E-state index in [0.717, 1.165) is 18.1 Å². The van der Waals surface area contributed by atoms with Gasteiger partial charge < -0.3 is 10.1 Å². The van der Waals surface area contributed by atoms with E-state index in [0.29, 0.717) is 13.2 Å². The zero-order chi connectivity index (χ0) is 17.1. The maximum Gasteiger partial charge on any atom is 0.239 e. The summed E-state index contributed by atoms with van der Waals surface area (Å²) in [6.07, 6.45) is 0.122. The molecule has 0 spiro atoms. The standard InChI is InChI=1S/C18H24N4O2/c1-13-9-17(21(3)20-13)19-18(23)11-22-10-14(2)24-12-16(22)15-7-5-4-6-8-15/h4-9,14,16H,10-12H2,1-3H3,(H,19,23). The van der Waals surface area contributed by atoms with Gasteiger partial charge in [-0.25, -0.2) is 0 Å². The molecular formula is C18H24N4O2. The fourth-order valence-electron chi connectivity index (χ4n) is 3.12. The molecule has 1 aromatic carbocycles. The molecule has 1 N–H and O–H groups in total. The predicted molar refractivity (Wildman–Crippen MR) is 92.7 cm³/mol. The van der Waals surface area contributed by atoms with Crippen LogP contribution in [0.15, 0.2) is 36.4 Å². The van der Waals surface area contributed by atoms with Crippen molar-refractivity contribution < 1.29 is 9.53 Å². The summed E-state index contributed by atoms with van der Waals surface area (Å²) in [5, 5.41) is 7.20. The molecule has 0 radical (unpaired) electrons. The third kappa shape index (κ3) is 3.83. The number of hydrogen-bond acceptors (Lipinski definition) is 4. The number of morpholine rings is 1. The Morgan fingerprint density at radius 2 is 2.12 bits per heavy atom. The van der Waals surface area contributed by atoms with Crippen LogP contribution in [0.4, 0.5) is 5.82 Å². The second-order valence-electron chi connectivity index (χ2n) is 6.34. The fraction of sp³-hybridized carbons (Fsp3) is 0.444. The summed E-state index contributed by atoms with van der Waals surface area (Å²) in [6.45, 7) is 5.61. The topological polar surface area (TPSA) is 59.4 Å². The van der Waals surface area contributed by atoms with Crippen LogP contribution in [0, 0.1) is 6.92 Å². The van der Waals surface area contributed by atoms with Gasteiger partial charge >= 0.3 is 0 Å². The Bertz CT molecular complexity index is 698. The molecule has 0 aliphatic carbocycles.